The lowest BCUT2D eigenvalue weighted by Gasteiger charge is -2.12. The molecule has 3 N–H and O–H groups in total. The zero-order valence-electron chi connectivity index (χ0n) is 10.1. The molecule has 2 aromatic rings. The monoisotopic (exact) mass is 281 g/mol. The molecule has 0 radical (unpaired) electrons. The van der Waals surface area contributed by atoms with Crippen molar-refractivity contribution in [1.82, 2.24) is 0 Å². The largest absolute Gasteiger partial charge is 0.508 e. The van der Waals surface area contributed by atoms with Crippen LogP contribution in [-0.2, 0) is 6.18 Å². The molecule has 0 atom stereocenters. The summed E-state index contributed by atoms with van der Waals surface area (Å²) < 4.78 is 38.6. The van der Waals surface area contributed by atoms with Gasteiger partial charge in [0.25, 0.3) is 0 Å². The number of ketones is 1. The number of nitrogen functional groups attached to an aromatic ring is 1. The molecule has 0 unspecified atom stereocenters. The van der Waals surface area contributed by atoms with Gasteiger partial charge in [-0.1, -0.05) is 18.2 Å². The number of hydrogen-bond acceptors (Lipinski definition) is 3. The topological polar surface area (TPSA) is 63.3 Å². The number of phenolic OH excluding ortho intramolecular Hbond substituents is 1. The molecule has 0 spiro atoms. The fourth-order valence-corrected chi connectivity index (χ4v) is 1.83. The summed E-state index contributed by atoms with van der Waals surface area (Å²) >= 11 is 0. The molecule has 2 rings (SSSR count). The molecule has 0 fully saturated rings. The summed E-state index contributed by atoms with van der Waals surface area (Å²) in [6.07, 6.45) is -4.63. The Hall–Kier alpha value is -2.50. The van der Waals surface area contributed by atoms with Crippen molar-refractivity contribution in [3.05, 3.63) is 59.2 Å². The Kier molecular flexibility index (Phi) is 3.40. The van der Waals surface area contributed by atoms with Crippen LogP contribution in [-0.4, -0.2) is 10.9 Å². The minimum Gasteiger partial charge on any atom is -0.508 e. The molecule has 3 nitrogen and oxygen atoms in total. The lowest BCUT2D eigenvalue weighted by atomic mass is 9.97. The quantitative estimate of drug-likeness (QED) is 0.656. The number of benzene rings is 2. The first-order valence-electron chi connectivity index (χ1n) is 5.60. The van der Waals surface area contributed by atoms with Gasteiger partial charge in [-0.15, -0.1) is 0 Å². The third-order valence-corrected chi connectivity index (χ3v) is 2.76. The Morgan fingerprint density at radius 2 is 1.70 bits per heavy atom. The van der Waals surface area contributed by atoms with Crippen molar-refractivity contribution < 1.29 is 23.1 Å². The molecule has 0 aromatic heterocycles. The molecule has 20 heavy (non-hydrogen) atoms. The van der Waals surface area contributed by atoms with Gasteiger partial charge in [0.15, 0.2) is 5.78 Å². The highest BCUT2D eigenvalue weighted by molar-refractivity contribution is 6.13. The van der Waals surface area contributed by atoms with E-state index in [9.17, 15) is 23.1 Å². The zero-order valence-corrected chi connectivity index (χ0v) is 10.1. The van der Waals surface area contributed by atoms with E-state index in [-0.39, 0.29) is 17.0 Å². The number of hydrogen-bond donors (Lipinski definition) is 2. The molecule has 0 saturated carbocycles. The average molecular weight is 281 g/mol. The molecule has 0 aliphatic heterocycles. The normalized spacial score (nSPS) is 11.3. The molecular formula is C14H10F3NO2. The average Bonchev–Trinajstić information content (AvgIpc) is 2.37. The summed E-state index contributed by atoms with van der Waals surface area (Å²) in [6, 6.07) is 7.99. The van der Waals surface area contributed by atoms with Gasteiger partial charge in [0.1, 0.15) is 5.75 Å². The first kappa shape index (κ1) is 13.9. The van der Waals surface area contributed by atoms with Crippen molar-refractivity contribution in [1.29, 1.82) is 0 Å². The number of alkyl halides is 3. The number of halogens is 3. The van der Waals surface area contributed by atoms with Crippen molar-refractivity contribution in [3.8, 4) is 5.75 Å². The summed E-state index contributed by atoms with van der Waals surface area (Å²) in [5.74, 6) is -1.00. The second kappa shape index (κ2) is 4.88. The van der Waals surface area contributed by atoms with E-state index in [0.717, 1.165) is 18.2 Å². The molecule has 0 aliphatic rings. The van der Waals surface area contributed by atoms with Crippen LogP contribution in [0.15, 0.2) is 42.5 Å². The Balaban J connectivity index is 2.55. The van der Waals surface area contributed by atoms with Gasteiger partial charge in [-0.2, -0.15) is 13.2 Å². The number of nitrogens with two attached hydrogens (primary N) is 1. The van der Waals surface area contributed by atoms with Gasteiger partial charge in [0.05, 0.1) is 5.56 Å². The standard InChI is InChI=1S/C14H10F3NO2/c15-14(16,17)11-4-2-1-3-9(11)13(20)10-6-5-8(19)7-12(10)18/h1-7,19H,18H2. The minimum atomic E-state index is -4.63. The van der Waals surface area contributed by atoms with Crippen LogP contribution < -0.4 is 5.73 Å². The number of anilines is 1. The SMILES string of the molecule is Nc1cc(O)ccc1C(=O)c1ccccc1C(F)(F)F. The molecule has 0 saturated heterocycles. The summed E-state index contributed by atoms with van der Waals surface area (Å²) in [4.78, 5) is 12.2. The van der Waals surface area contributed by atoms with Crippen LogP contribution in [0.25, 0.3) is 0 Å². The van der Waals surface area contributed by atoms with Crippen molar-refractivity contribution in [2.75, 3.05) is 5.73 Å². The Morgan fingerprint density at radius 3 is 2.30 bits per heavy atom. The highest BCUT2D eigenvalue weighted by Gasteiger charge is 2.35. The maximum absolute atomic E-state index is 12.9. The summed E-state index contributed by atoms with van der Waals surface area (Å²) in [5.41, 5.74) is 3.91. The number of phenols is 1. The highest BCUT2D eigenvalue weighted by Crippen LogP contribution is 2.33. The predicted molar refractivity (Wildman–Crippen MR) is 67.4 cm³/mol. The van der Waals surface area contributed by atoms with E-state index in [0.29, 0.717) is 0 Å². The fraction of sp³-hybridized carbons (Fsp3) is 0.0714. The summed E-state index contributed by atoms with van der Waals surface area (Å²) in [6.45, 7) is 0. The van der Waals surface area contributed by atoms with Crippen LogP contribution in [0, 0.1) is 0 Å². The van der Waals surface area contributed by atoms with E-state index in [4.69, 9.17) is 5.73 Å². The zero-order chi connectivity index (χ0) is 14.9. The maximum atomic E-state index is 12.9. The molecule has 2 aromatic carbocycles. The summed E-state index contributed by atoms with van der Waals surface area (Å²) in [5, 5.41) is 9.20. The summed E-state index contributed by atoms with van der Waals surface area (Å²) in [7, 11) is 0. The molecule has 0 amide bonds. The molecule has 6 heteroatoms. The third-order valence-electron chi connectivity index (χ3n) is 2.76. The molecule has 0 bridgehead atoms. The molecule has 104 valence electrons. The minimum absolute atomic E-state index is 0.0769. The van der Waals surface area contributed by atoms with Gasteiger partial charge in [-0.3, -0.25) is 4.79 Å². The first-order valence-corrected chi connectivity index (χ1v) is 5.60. The maximum Gasteiger partial charge on any atom is 0.417 e. The van der Waals surface area contributed by atoms with E-state index in [1.165, 1.54) is 24.3 Å². The van der Waals surface area contributed by atoms with E-state index < -0.39 is 23.1 Å². The van der Waals surface area contributed by atoms with Crippen molar-refractivity contribution in [2.24, 2.45) is 0 Å². The predicted octanol–water partition coefficient (Wildman–Crippen LogP) is 3.22. The van der Waals surface area contributed by atoms with E-state index in [2.05, 4.69) is 0 Å². The van der Waals surface area contributed by atoms with Gasteiger partial charge < -0.3 is 10.8 Å². The van der Waals surface area contributed by atoms with Crippen LogP contribution in [0.4, 0.5) is 18.9 Å². The first-order chi connectivity index (χ1) is 9.30. The van der Waals surface area contributed by atoms with Crippen LogP contribution in [0.1, 0.15) is 21.5 Å². The van der Waals surface area contributed by atoms with Gasteiger partial charge in [0.2, 0.25) is 0 Å². The van der Waals surface area contributed by atoms with Crippen molar-refractivity contribution in [3.63, 3.8) is 0 Å². The van der Waals surface area contributed by atoms with E-state index in [1.807, 2.05) is 0 Å². The molecular weight excluding hydrogens is 271 g/mol. The molecule has 0 aliphatic carbocycles. The van der Waals surface area contributed by atoms with Crippen LogP contribution in [0.2, 0.25) is 0 Å². The van der Waals surface area contributed by atoms with Gasteiger partial charge in [0, 0.05) is 22.9 Å². The van der Waals surface area contributed by atoms with Crippen molar-refractivity contribution >= 4 is 11.5 Å². The van der Waals surface area contributed by atoms with E-state index >= 15 is 0 Å². The van der Waals surface area contributed by atoms with Crippen molar-refractivity contribution in [2.45, 2.75) is 6.18 Å². The van der Waals surface area contributed by atoms with Gasteiger partial charge >= 0.3 is 6.18 Å². The number of rotatable bonds is 2. The number of carbonyl (C=O) groups excluding carboxylic acids is 1. The van der Waals surface area contributed by atoms with Crippen LogP contribution in [0.3, 0.4) is 0 Å². The Labute approximate surface area is 112 Å². The van der Waals surface area contributed by atoms with E-state index in [1.54, 1.807) is 0 Å². The number of carbonyl (C=O) groups is 1. The highest BCUT2D eigenvalue weighted by atomic mass is 19.4. The lowest BCUT2D eigenvalue weighted by Crippen LogP contribution is -2.14. The second-order valence-electron chi connectivity index (χ2n) is 4.14. The lowest BCUT2D eigenvalue weighted by molar-refractivity contribution is -0.137. The van der Waals surface area contributed by atoms with Crippen LogP contribution in [0.5, 0.6) is 5.75 Å². The smallest absolute Gasteiger partial charge is 0.417 e. The third kappa shape index (κ3) is 2.59. The Morgan fingerprint density at radius 1 is 1.05 bits per heavy atom. The second-order valence-corrected chi connectivity index (χ2v) is 4.14. The Bertz CT molecular complexity index is 666. The van der Waals surface area contributed by atoms with Crippen LogP contribution >= 0.6 is 0 Å². The van der Waals surface area contributed by atoms with Gasteiger partial charge in [-0.25, -0.2) is 0 Å². The number of aromatic hydroxyl groups is 1. The molecule has 0 heterocycles. The van der Waals surface area contributed by atoms with Gasteiger partial charge in [-0.05, 0) is 18.2 Å². The fourth-order valence-electron chi connectivity index (χ4n) is 1.83.